The monoisotopic (exact) mass is 449 g/mol. The zero-order valence-electron chi connectivity index (χ0n) is 14.6. The lowest BCUT2D eigenvalue weighted by atomic mass is 10.2. The maximum atomic E-state index is 13.0. The van der Waals surface area contributed by atoms with Crippen molar-refractivity contribution in [3.63, 3.8) is 0 Å². The van der Waals surface area contributed by atoms with Gasteiger partial charge in [0.2, 0.25) is 0 Å². The van der Waals surface area contributed by atoms with Crippen molar-refractivity contribution < 1.29 is 13.9 Å². The first-order valence-corrected chi connectivity index (χ1v) is 9.45. The minimum Gasteiger partial charge on any atom is -0.493 e. The highest BCUT2D eigenvalue weighted by atomic mass is 79.9. The Balaban J connectivity index is 1.71. The van der Waals surface area contributed by atoms with Crippen LogP contribution in [0.15, 0.2) is 65.1 Å². The number of benzene rings is 3. The molecule has 0 unspecified atom stereocenters. The van der Waals surface area contributed by atoms with Crippen LogP contribution in [0.4, 0.5) is 10.1 Å². The molecule has 0 aliphatic carbocycles. The summed E-state index contributed by atoms with van der Waals surface area (Å²) >= 11 is 9.56. The highest BCUT2D eigenvalue weighted by molar-refractivity contribution is 9.10. The fraction of sp³-hybridized carbons (Fsp3) is 0.143. The molecule has 0 aromatic heterocycles. The summed E-state index contributed by atoms with van der Waals surface area (Å²) in [6.07, 6.45) is 0. The second-order valence-electron chi connectivity index (χ2n) is 5.89. The van der Waals surface area contributed by atoms with Crippen LogP contribution < -0.4 is 14.8 Å². The van der Waals surface area contributed by atoms with E-state index in [-0.39, 0.29) is 5.82 Å². The van der Waals surface area contributed by atoms with Crippen LogP contribution in [-0.4, -0.2) is 7.11 Å². The predicted molar refractivity (Wildman–Crippen MR) is 110 cm³/mol. The van der Waals surface area contributed by atoms with E-state index in [0.717, 1.165) is 21.3 Å². The lowest BCUT2D eigenvalue weighted by Gasteiger charge is -2.15. The van der Waals surface area contributed by atoms with Crippen LogP contribution in [0.2, 0.25) is 5.02 Å². The van der Waals surface area contributed by atoms with Crippen LogP contribution in [-0.2, 0) is 13.2 Å². The fourth-order valence-corrected chi connectivity index (χ4v) is 3.35. The minimum absolute atomic E-state index is 0.269. The van der Waals surface area contributed by atoms with Gasteiger partial charge in [-0.25, -0.2) is 4.39 Å². The molecule has 3 nitrogen and oxygen atoms in total. The highest BCUT2D eigenvalue weighted by Crippen LogP contribution is 2.37. The Hall–Kier alpha value is -2.24. The average Bonchev–Trinajstić information content (AvgIpc) is 2.66. The number of hydrogen-bond acceptors (Lipinski definition) is 3. The van der Waals surface area contributed by atoms with Gasteiger partial charge in [-0.05, 0) is 69.5 Å². The first kappa shape index (κ1) is 19.5. The SMILES string of the molecule is COc1cc(CNc2cccc(Cl)c2)cc(Br)c1OCc1ccc(F)cc1. The van der Waals surface area contributed by atoms with Crippen LogP contribution in [0.1, 0.15) is 11.1 Å². The van der Waals surface area contributed by atoms with Gasteiger partial charge in [0.1, 0.15) is 12.4 Å². The first-order chi connectivity index (χ1) is 13.0. The van der Waals surface area contributed by atoms with E-state index in [0.29, 0.717) is 29.7 Å². The molecule has 0 fully saturated rings. The molecule has 0 amide bonds. The van der Waals surface area contributed by atoms with E-state index < -0.39 is 0 Å². The number of rotatable bonds is 7. The zero-order valence-corrected chi connectivity index (χ0v) is 17.0. The van der Waals surface area contributed by atoms with Crippen molar-refractivity contribution in [1.29, 1.82) is 0 Å². The first-order valence-electron chi connectivity index (χ1n) is 8.28. The van der Waals surface area contributed by atoms with E-state index in [9.17, 15) is 4.39 Å². The van der Waals surface area contributed by atoms with Gasteiger partial charge in [0.15, 0.2) is 11.5 Å². The molecule has 0 saturated heterocycles. The van der Waals surface area contributed by atoms with Crippen molar-refractivity contribution in [2.75, 3.05) is 12.4 Å². The van der Waals surface area contributed by atoms with Crippen LogP contribution in [0.3, 0.4) is 0 Å². The smallest absolute Gasteiger partial charge is 0.175 e. The van der Waals surface area contributed by atoms with Crippen LogP contribution in [0, 0.1) is 5.82 Å². The largest absolute Gasteiger partial charge is 0.493 e. The van der Waals surface area contributed by atoms with Gasteiger partial charge in [-0.1, -0.05) is 29.8 Å². The summed E-state index contributed by atoms with van der Waals surface area (Å²) in [6, 6.07) is 17.7. The molecule has 3 rings (SSSR count). The van der Waals surface area contributed by atoms with E-state index >= 15 is 0 Å². The van der Waals surface area contributed by atoms with E-state index in [1.54, 1.807) is 19.2 Å². The van der Waals surface area contributed by atoms with Gasteiger partial charge >= 0.3 is 0 Å². The van der Waals surface area contributed by atoms with Crippen LogP contribution in [0.25, 0.3) is 0 Å². The molecule has 1 N–H and O–H groups in total. The van der Waals surface area contributed by atoms with Gasteiger partial charge in [-0.15, -0.1) is 0 Å². The summed E-state index contributed by atoms with van der Waals surface area (Å²) in [5.41, 5.74) is 2.83. The quantitative estimate of drug-likeness (QED) is 0.449. The molecule has 3 aromatic rings. The molecule has 3 aromatic carbocycles. The second-order valence-corrected chi connectivity index (χ2v) is 7.18. The predicted octanol–water partition coefficient (Wildman–Crippen LogP) is 6.44. The molecular formula is C21H18BrClFNO2. The van der Waals surface area contributed by atoms with Gasteiger partial charge in [0.25, 0.3) is 0 Å². The number of hydrogen-bond donors (Lipinski definition) is 1. The third-order valence-electron chi connectivity index (χ3n) is 3.91. The Morgan fingerprint density at radius 2 is 1.81 bits per heavy atom. The van der Waals surface area contributed by atoms with Crippen molar-refractivity contribution >= 4 is 33.2 Å². The second kappa shape index (κ2) is 9.11. The van der Waals surface area contributed by atoms with Crippen molar-refractivity contribution in [2.45, 2.75) is 13.2 Å². The molecule has 0 heterocycles. The molecule has 0 saturated carbocycles. The number of halogens is 3. The summed E-state index contributed by atoms with van der Waals surface area (Å²) in [5.74, 6) is 0.955. The molecule has 0 bridgehead atoms. The molecule has 0 radical (unpaired) electrons. The molecule has 140 valence electrons. The van der Waals surface area contributed by atoms with Crippen molar-refractivity contribution in [3.8, 4) is 11.5 Å². The van der Waals surface area contributed by atoms with E-state index in [1.165, 1.54) is 12.1 Å². The Kier molecular flexibility index (Phi) is 6.58. The van der Waals surface area contributed by atoms with Crippen molar-refractivity contribution in [3.05, 3.63) is 87.1 Å². The normalized spacial score (nSPS) is 10.5. The van der Waals surface area contributed by atoms with Gasteiger partial charge < -0.3 is 14.8 Å². The number of methoxy groups -OCH3 is 1. The maximum Gasteiger partial charge on any atom is 0.175 e. The molecule has 0 aliphatic heterocycles. The van der Waals surface area contributed by atoms with E-state index in [1.807, 2.05) is 36.4 Å². The summed E-state index contributed by atoms with van der Waals surface area (Å²) in [6.45, 7) is 0.920. The lowest BCUT2D eigenvalue weighted by Crippen LogP contribution is -2.03. The summed E-state index contributed by atoms with van der Waals surface area (Å²) in [7, 11) is 1.60. The van der Waals surface area contributed by atoms with Gasteiger partial charge in [0, 0.05) is 17.3 Å². The molecule has 0 spiro atoms. The highest BCUT2D eigenvalue weighted by Gasteiger charge is 2.12. The molecule has 6 heteroatoms. The Labute approximate surface area is 171 Å². The van der Waals surface area contributed by atoms with Crippen LogP contribution in [0.5, 0.6) is 11.5 Å². The molecule has 27 heavy (non-hydrogen) atoms. The van der Waals surface area contributed by atoms with Gasteiger partial charge in [-0.3, -0.25) is 0 Å². The number of anilines is 1. The van der Waals surface area contributed by atoms with Gasteiger partial charge in [0.05, 0.1) is 11.6 Å². The minimum atomic E-state index is -0.269. The summed E-state index contributed by atoms with van der Waals surface area (Å²) in [4.78, 5) is 0. The Morgan fingerprint density at radius 1 is 1.04 bits per heavy atom. The standard InChI is InChI=1S/C21H18BrClFNO2/c1-26-20-10-15(12-25-18-4-2-3-16(23)11-18)9-19(22)21(20)27-13-14-5-7-17(24)8-6-14/h2-11,25H,12-13H2,1H3. The Bertz CT molecular complexity index is 919. The fourth-order valence-electron chi connectivity index (χ4n) is 2.55. The zero-order chi connectivity index (χ0) is 19.2. The van der Waals surface area contributed by atoms with Crippen molar-refractivity contribution in [2.24, 2.45) is 0 Å². The third-order valence-corrected chi connectivity index (χ3v) is 4.73. The topological polar surface area (TPSA) is 30.5 Å². The molecule has 0 atom stereocenters. The lowest BCUT2D eigenvalue weighted by molar-refractivity contribution is 0.282. The average molecular weight is 451 g/mol. The molecule has 0 aliphatic rings. The summed E-state index contributed by atoms with van der Waals surface area (Å²) < 4.78 is 25.2. The van der Waals surface area contributed by atoms with E-state index in [4.69, 9.17) is 21.1 Å². The van der Waals surface area contributed by atoms with Crippen LogP contribution >= 0.6 is 27.5 Å². The van der Waals surface area contributed by atoms with Gasteiger partial charge in [-0.2, -0.15) is 0 Å². The maximum absolute atomic E-state index is 13.0. The molecular weight excluding hydrogens is 433 g/mol. The number of nitrogens with one attached hydrogen (secondary N) is 1. The number of ether oxygens (including phenoxy) is 2. The Morgan fingerprint density at radius 3 is 2.52 bits per heavy atom. The van der Waals surface area contributed by atoms with E-state index in [2.05, 4.69) is 21.2 Å². The summed E-state index contributed by atoms with van der Waals surface area (Å²) in [5, 5.41) is 4.01. The third kappa shape index (κ3) is 5.37. The van der Waals surface area contributed by atoms with Crippen molar-refractivity contribution in [1.82, 2.24) is 0 Å².